The number of hydrogen-bond donors (Lipinski definition) is 2. The molecular weight excluding hydrogens is 279 g/mol. The Bertz CT molecular complexity index is 309. The maximum Gasteiger partial charge on any atom is 0.133 e. The van der Waals surface area contributed by atoms with Crippen molar-refractivity contribution in [1.29, 1.82) is 0 Å². The molecule has 0 aliphatic rings. The largest absolute Gasteiger partial charge is 0.491 e. The minimum absolute atomic E-state index is 0.611. The number of nitrogens with two attached hydrogens (primary N) is 1. The van der Waals surface area contributed by atoms with Gasteiger partial charge >= 0.3 is 0 Å². The second-order valence-corrected chi connectivity index (χ2v) is 4.25. The van der Waals surface area contributed by atoms with Gasteiger partial charge in [-0.25, -0.2) is 0 Å². The van der Waals surface area contributed by atoms with Crippen LogP contribution in [0.2, 0.25) is 5.02 Å². The van der Waals surface area contributed by atoms with Gasteiger partial charge in [0, 0.05) is 24.7 Å². The van der Waals surface area contributed by atoms with Gasteiger partial charge in [0.05, 0.1) is 4.47 Å². The molecule has 0 fully saturated rings. The van der Waals surface area contributed by atoms with Crippen LogP contribution in [-0.4, -0.2) is 26.2 Å². The van der Waals surface area contributed by atoms with Gasteiger partial charge in [0.25, 0.3) is 0 Å². The van der Waals surface area contributed by atoms with Gasteiger partial charge in [-0.05, 0) is 34.1 Å². The molecule has 3 nitrogen and oxygen atoms in total. The van der Waals surface area contributed by atoms with Crippen LogP contribution in [0.15, 0.2) is 22.7 Å². The van der Waals surface area contributed by atoms with Crippen molar-refractivity contribution in [3.63, 3.8) is 0 Å². The number of hydrogen-bond acceptors (Lipinski definition) is 3. The van der Waals surface area contributed by atoms with E-state index in [0.29, 0.717) is 18.2 Å². The van der Waals surface area contributed by atoms with Crippen LogP contribution < -0.4 is 15.8 Å². The van der Waals surface area contributed by atoms with Crippen molar-refractivity contribution in [3.05, 3.63) is 27.7 Å². The van der Waals surface area contributed by atoms with Crippen molar-refractivity contribution in [2.75, 3.05) is 26.2 Å². The molecule has 0 atom stereocenters. The lowest BCUT2D eigenvalue weighted by atomic mass is 10.3. The highest BCUT2D eigenvalue weighted by Gasteiger charge is 2.00. The third-order valence-electron chi connectivity index (χ3n) is 1.75. The van der Waals surface area contributed by atoms with Crippen molar-refractivity contribution < 1.29 is 4.74 Å². The molecule has 0 amide bonds. The second-order valence-electron chi connectivity index (χ2n) is 2.96. The highest BCUT2D eigenvalue weighted by Crippen LogP contribution is 2.27. The number of benzene rings is 1. The maximum absolute atomic E-state index is 5.81. The number of ether oxygens (including phenoxy) is 1. The molecular formula is C10H14BrClN2O. The van der Waals surface area contributed by atoms with Crippen molar-refractivity contribution in [3.8, 4) is 5.75 Å². The molecule has 0 unspecified atom stereocenters. The Morgan fingerprint density at radius 2 is 2.20 bits per heavy atom. The molecule has 0 aliphatic heterocycles. The molecule has 0 aromatic heterocycles. The Morgan fingerprint density at radius 1 is 1.40 bits per heavy atom. The second kappa shape index (κ2) is 7.06. The van der Waals surface area contributed by atoms with E-state index >= 15 is 0 Å². The molecule has 0 aliphatic carbocycles. The lowest BCUT2D eigenvalue weighted by molar-refractivity contribution is 0.313. The average molecular weight is 294 g/mol. The topological polar surface area (TPSA) is 47.3 Å². The highest BCUT2D eigenvalue weighted by molar-refractivity contribution is 9.10. The van der Waals surface area contributed by atoms with Crippen LogP contribution >= 0.6 is 27.5 Å². The molecule has 0 saturated heterocycles. The van der Waals surface area contributed by atoms with Gasteiger partial charge in [0.15, 0.2) is 0 Å². The minimum Gasteiger partial charge on any atom is -0.491 e. The molecule has 0 radical (unpaired) electrons. The van der Waals surface area contributed by atoms with Gasteiger partial charge in [-0.1, -0.05) is 11.6 Å². The first kappa shape index (κ1) is 12.8. The standard InChI is InChI=1S/C10H14BrClN2O/c11-9-7-8(12)1-2-10(9)15-6-5-14-4-3-13/h1-2,7,14H,3-6,13H2. The Kier molecular flexibility index (Phi) is 6.02. The molecule has 3 N–H and O–H groups in total. The third-order valence-corrected chi connectivity index (χ3v) is 2.61. The summed E-state index contributed by atoms with van der Waals surface area (Å²) in [6.07, 6.45) is 0. The fourth-order valence-corrected chi connectivity index (χ4v) is 1.85. The van der Waals surface area contributed by atoms with Gasteiger partial charge in [-0.3, -0.25) is 0 Å². The van der Waals surface area contributed by atoms with E-state index in [-0.39, 0.29) is 0 Å². The summed E-state index contributed by atoms with van der Waals surface area (Å²) in [5, 5.41) is 3.84. The monoisotopic (exact) mass is 292 g/mol. The van der Waals surface area contributed by atoms with Crippen molar-refractivity contribution in [2.45, 2.75) is 0 Å². The van der Waals surface area contributed by atoms with Gasteiger partial charge in [0.2, 0.25) is 0 Å². The van der Waals surface area contributed by atoms with Crippen molar-refractivity contribution >= 4 is 27.5 Å². The predicted molar refractivity (Wildman–Crippen MR) is 66.6 cm³/mol. The lowest BCUT2D eigenvalue weighted by Crippen LogP contribution is -2.26. The Balaban J connectivity index is 2.31. The predicted octanol–water partition coefficient (Wildman–Crippen LogP) is 2.03. The molecule has 0 heterocycles. The summed E-state index contributed by atoms with van der Waals surface area (Å²) in [7, 11) is 0. The summed E-state index contributed by atoms with van der Waals surface area (Å²) in [6, 6.07) is 5.45. The molecule has 1 rings (SSSR count). The Hall–Kier alpha value is -0.290. The summed E-state index contributed by atoms with van der Waals surface area (Å²) in [5.74, 6) is 0.800. The first-order valence-electron chi connectivity index (χ1n) is 4.72. The summed E-state index contributed by atoms with van der Waals surface area (Å²) in [5.41, 5.74) is 5.34. The van der Waals surface area contributed by atoms with Gasteiger partial charge < -0.3 is 15.8 Å². The van der Waals surface area contributed by atoms with E-state index in [2.05, 4.69) is 21.2 Å². The summed E-state index contributed by atoms with van der Waals surface area (Å²) in [6.45, 7) is 2.85. The normalized spacial score (nSPS) is 10.3. The fraction of sp³-hybridized carbons (Fsp3) is 0.400. The number of halogens is 2. The molecule has 1 aromatic carbocycles. The van der Waals surface area contributed by atoms with Crippen molar-refractivity contribution in [2.24, 2.45) is 5.73 Å². The first-order chi connectivity index (χ1) is 7.24. The maximum atomic E-state index is 5.81. The molecule has 0 bridgehead atoms. The third kappa shape index (κ3) is 4.84. The van der Waals surface area contributed by atoms with Crippen LogP contribution in [0.25, 0.3) is 0 Å². The van der Waals surface area contributed by atoms with Crippen LogP contribution in [0.4, 0.5) is 0 Å². The van der Waals surface area contributed by atoms with E-state index in [1.807, 2.05) is 12.1 Å². The minimum atomic E-state index is 0.611. The molecule has 1 aromatic rings. The quantitative estimate of drug-likeness (QED) is 0.789. The van der Waals surface area contributed by atoms with Gasteiger partial charge in [-0.2, -0.15) is 0 Å². The van der Waals surface area contributed by atoms with E-state index < -0.39 is 0 Å². The molecule has 15 heavy (non-hydrogen) atoms. The van der Waals surface area contributed by atoms with E-state index in [9.17, 15) is 0 Å². The summed E-state index contributed by atoms with van der Waals surface area (Å²) < 4.78 is 6.40. The lowest BCUT2D eigenvalue weighted by Gasteiger charge is -2.08. The van der Waals surface area contributed by atoms with Crippen LogP contribution in [0, 0.1) is 0 Å². The number of nitrogens with one attached hydrogen (secondary N) is 1. The van der Waals surface area contributed by atoms with E-state index in [1.54, 1.807) is 6.07 Å². The van der Waals surface area contributed by atoms with Crippen molar-refractivity contribution in [1.82, 2.24) is 5.32 Å². The SMILES string of the molecule is NCCNCCOc1ccc(Cl)cc1Br. The molecule has 84 valence electrons. The van der Waals surface area contributed by atoms with Gasteiger partial charge in [0.1, 0.15) is 12.4 Å². The van der Waals surface area contributed by atoms with Crippen LogP contribution in [-0.2, 0) is 0 Å². The molecule has 0 saturated carbocycles. The summed E-state index contributed by atoms with van der Waals surface area (Å²) >= 11 is 9.19. The summed E-state index contributed by atoms with van der Waals surface area (Å²) in [4.78, 5) is 0. The first-order valence-corrected chi connectivity index (χ1v) is 5.90. The Labute approximate surface area is 103 Å². The van der Waals surface area contributed by atoms with Crippen LogP contribution in [0.5, 0.6) is 5.75 Å². The average Bonchev–Trinajstić information content (AvgIpc) is 2.20. The van der Waals surface area contributed by atoms with E-state index in [0.717, 1.165) is 23.3 Å². The fourth-order valence-electron chi connectivity index (χ4n) is 1.05. The number of rotatable bonds is 6. The van der Waals surface area contributed by atoms with Gasteiger partial charge in [-0.15, -0.1) is 0 Å². The zero-order valence-corrected chi connectivity index (χ0v) is 10.6. The smallest absolute Gasteiger partial charge is 0.133 e. The Morgan fingerprint density at radius 3 is 2.87 bits per heavy atom. The highest BCUT2D eigenvalue weighted by atomic mass is 79.9. The van der Waals surface area contributed by atoms with E-state index in [4.69, 9.17) is 22.1 Å². The van der Waals surface area contributed by atoms with Crippen LogP contribution in [0.3, 0.4) is 0 Å². The zero-order valence-electron chi connectivity index (χ0n) is 8.30. The van der Waals surface area contributed by atoms with Crippen LogP contribution in [0.1, 0.15) is 0 Å². The molecule has 0 spiro atoms. The zero-order chi connectivity index (χ0) is 11.1. The van der Waals surface area contributed by atoms with E-state index in [1.165, 1.54) is 0 Å². The molecule has 5 heteroatoms.